The van der Waals surface area contributed by atoms with Gasteiger partial charge in [-0.1, -0.05) is 53.7 Å². The zero-order valence-electron chi connectivity index (χ0n) is 17.1. The number of carbonyl (C=O) groups excluding carboxylic acids is 1. The summed E-state index contributed by atoms with van der Waals surface area (Å²) in [7, 11) is 0. The molecular formula is C23H30O4. The molecule has 0 aliphatic heterocycles. The molecule has 0 fully saturated rings. The van der Waals surface area contributed by atoms with Crippen LogP contribution in [0.1, 0.15) is 63.8 Å². The summed E-state index contributed by atoms with van der Waals surface area (Å²) in [6.45, 7) is 12.3. The van der Waals surface area contributed by atoms with Crippen LogP contribution >= 0.6 is 0 Å². The molecule has 146 valence electrons. The fourth-order valence-electron chi connectivity index (χ4n) is 2.93. The number of esters is 1. The third kappa shape index (κ3) is 5.33. The Hall–Kier alpha value is -2.33. The zero-order valence-corrected chi connectivity index (χ0v) is 17.1. The second-order valence-electron chi connectivity index (χ2n) is 9.00. The van der Waals surface area contributed by atoms with Crippen LogP contribution in [0, 0.1) is 0 Å². The van der Waals surface area contributed by atoms with Crippen molar-refractivity contribution in [3.63, 3.8) is 0 Å². The third-order valence-electron chi connectivity index (χ3n) is 4.45. The molecule has 4 heteroatoms. The van der Waals surface area contributed by atoms with Crippen LogP contribution in [0.3, 0.4) is 0 Å². The van der Waals surface area contributed by atoms with E-state index in [0.717, 1.165) is 22.3 Å². The first-order valence-corrected chi connectivity index (χ1v) is 9.19. The van der Waals surface area contributed by atoms with Crippen LogP contribution in [0.4, 0.5) is 0 Å². The first kappa shape index (κ1) is 21.0. The Balaban J connectivity index is 2.46. The minimum absolute atomic E-state index is 0.0616. The molecule has 2 rings (SSSR count). The molecule has 0 radical (unpaired) electrons. The predicted octanol–water partition coefficient (Wildman–Crippen LogP) is 4.63. The molecule has 0 aliphatic carbocycles. The number of carbonyl (C=O) groups is 1. The van der Waals surface area contributed by atoms with Crippen molar-refractivity contribution >= 4 is 5.97 Å². The summed E-state index contributed by atoms with van der Waals surface area (Å²) < 4.78 is 5.88. The lowest BCUT2D eigenvalue weighted by Crippen LogP contribution is -2.23. The van der Waals surface area contributed by atoms with E-state index in [-0.39, 0.29) is 35.6 Å². The molecule has 0 spiro atoms. The summed E-state index contributed by atoms with van der Waals surface area (Å²) in [5, 5.41) is 19.1. The van der Waals surface area contributed by atoms with E-state index in [0.29, 0.717) is 5.75 Å². The average Bonchev–Trinajstić information content (AvgIpc) is 2.55. The van der Waals surface area contributed by atoms with E-state index in [2.05, 4.69) is 41.5 Å². The lowest BCUT2D eigenvalue weighted by molar-refractivity contribution is -0.133. The second-order valence-corrected chi connectivity index (χ2v) is 9.00. The summed E-state index contributed by atoms with van der Waals surface area (Å²) in [6.07, 6.45) is 0.120. The van der Waals surface area contributed by atoms with Gasteiger partial charge in [0.05, 0.1) is 13.0 Å². The van der Waals surface area contributed by atoms with E-state index in [1.165, 1.54) is 0 Å². The number of ether oxygens (including phenoxy) is 1. The molecule has 2 N–H and O–H groups in total. The number of rotatable bonds is 4. The first-order chi connectivity index (χ1) is 12.4. The number of aromatic hydroxyl groups is 1. The van der Waals surface area contributed by atoms with Crippen molar-refractivity contribution in [3.8, 4) is 11.5 Å². The molecular weight excluding hydrogens is 340 g/mol. The number of aliphatic hydroxyl groups is 1. The maximum atomic E-state index is 12.6. The van der Waals surface area contributed by atoms with Gasteiger partial charge in [0.15, 0.2) is 0 Å². The Morgan fingerprint density at radius 1 is 0.889 bits per heavy atom. The largest absolute Gasteiger partial charge is 0.508 e. The number of hydrogen-bond donors (Lipinski definition) is 2. The Bertz CT molecular complexity index is 771. The molecule has 4 nitrogen and oxygen atoms in total. The van der Waals surface area contributed by atoms with Crippen molar-refractivity contribution in [3.05, 3.63) is 58.7 Å². The van der Waals surface area contributed by atoms with Crippen molar-refractivity contribution in [2.45, 2.75) is 65.4 Å². The Morgan fingerprint density at radius 2 is 1.37 bits per heavy atom. The van der Waals surface area contributed by atoms with Gasteiger partial charge in [-0.15, -0.1) is 0 Å². The summed E-state index contributed by atoms with van der Waals surface area (Å²) in [5.74, 6) is 0.390. The summed E-state index contributed by atoms with van der Waals surface area (Å²) >= 11 is 0. The minimum Gasteiger partial charge on any atom is -0.508 e. The quantitative estimate of drug-likeness (QED) is 0.608. The number of benzene rings is 2. The molecule has 0 amide bonds. The zero-order chi connectivity index (χ0) is 20.4. The highest BCUT2D eigenvalue weighted by Gasteiger charge is 2.29. The molecule has 2 aromatic rings. The highest BCUT2D eigenvalue weighted by Crippen LogP contribution is 2.41. The fourth-order valence-corrected chi connectivity index (χ4v) is 2.93. The molecule has 0 unspecified atom stereocenters. The fraction of sp³-hybridized carbons (Fsp3) is 0.435. The molecule has 0 aliphatic rings. The molecule has 0 atom stereocenters. The van der Waals surface area contributed by atoms with Gasteiger partial charge in [0.2, 0.25) is 0 Å². The van der Waals surface area contributed by atoms with Crippen molar-refractivity contribution < 1.29 is 19.7 Å². The van der Waals surface area contributed by atoms with Gasteiger partial charge >= 0.3 is 5.97 Å². The maximum absolute atomic E-state index is 12.6. The normalized spacial score (nSPS) is 12.1. The van der Waals surface area contributed by atoms with Crippen molar-refractivity contribution in [1.82, 2.24) is 0 Å². The summed E-state index contributed by atoms with van der Waals surface area (Å²) in [4.78, 5) is 12.6. The standard InChI is InChI=1S/C23H30O4/c1-22(2,3)18-11-16(14-24)12-19(23(4,5)6)21(18)27-20(26)13-15-7-9-17(25)10-8-15/h7-12,24-25H,13-14H2,1-6H3. The van der Waals surface area contributed by atoms with Crippen LogP contribution in [-0.4, -0.2) is 16.2 Å². The van der Waals surface area contributed by atoms with Crippen LogP contribution < -0.4 is 4.74 Å². The highest BCUT2D eigenvalue weighted by atomic mass is 16.5. The Morgan fingerprint density at radius 3 is 1.78 bits per heavy atom. The van der Waals surface area contributed by atoms with Gasteiger partial charge in [-0.05, 0) is 46.2 Å². The van der Waals surface area contributed by atoms with Gasteiger partial charge in [-0.25, -0.2) is 0 Å². The monoisotopic (exact) mass is 370 g/mol. The summed E-state index contributed by atoms with van der Waals surface area (Å²) in [6, 6.07) is 10.4. The van der Waals surface area contributed by atoms with Gasteiger partial charge in [0, 0.05) is 11.1 Å². The Labute approximate surface area is 161 Å². The molecule has 0 bridgehead atoms. The second kappa shape index (κ2) is 7.73. The van der Waals surface area contributed by atoms with Crippen LogP contribution in [-0.2, 0) is 28.7 Å². The summed E-state index contributed by atoms with van der Waals surface area (Å²) in [5.41, 5.74) is 2.89. The molecule has 2 aromatic carbocycles. The molecule has 27 heavy (non-hydrogen) atoms. The van der Waals surface area contributed by atoms with E-state index in [4.69, 9.17) is 4.74 Å². The van der Waals surface area contributed by atoms with Gasteiger partial charge in [0.1, 0.15) is 11.5 Å². The first-order valence-electron chi connectivity index (χ1n) is 9.19. The third-order valence-corrected chi connectivity index (χ3v) is 4.45. The highest BCUT2D eigenvalue weighted by molar-refractivity contribution is 5.76. The lowest BCUT2D eigenvalue weighted by Gasteiger charge is -2.30. The molecule has 0 saturated heterocycles. The maximum Gasteiger partial charge on any atom is 0.315 e. The van der Waals surface area contributed by atoms with Crippen molar-refractivity contribution in [2.24, 2.45) is 0 Å². The SMILES string of the molecule is CC(C)(C)c1cc(CO)cc(C(C)(C)C)c1OC(=O)Cc1ccc(O)cc1. The molecule has 0 heterocycles. The van der Waals surface area contributed by atoms with Crippen LogP contribution in [0.25, 0.3) is 0 Å². The lowest BCUT2D eigenvalue weighted by atomic mass is 9.78. The molecule has 0 aromatic heterocycles. The van der Waals surface area contributed by atoms with E-state index in [1.54, 1.807) is 24.3 Å². The van der Waals surface area contributed by atoms with E-state index >= 15 is 0 Å². The average molecular weight is 370 g/mol. The van der Waals surface area contributed by atoms with Gasteiger partial charge in [-0.3, -0.25) is 4.79 Å². The molecule has 0 saturated carbocycles. The number of phenolic OH excluding ortho intramolecular Hbond substituents is 1. The van der Waals surface area contributed by atoms with Gasteiger partial charge in [-0.2, -0.15) is 0 Å². The van der Waals surface area contributed by atoms with Gasteiger partial charge in [0.25, 0.3) is 0 Å². The Kier molecular flexibility index (Phi) is 6.01. The van der Waals surface area contributed by atoms with Crippen LogP contribution in [0.2, 0.25) is 0 Å². The number of aliphatic hydroxyl groups excluding tert-OH is 1. The number of hydrogen-bond acceptors (Lipinski definition) is 4. The van der Waals surface area contributed by atoms with E-state index in [9.17, 15) is 15.0 Å². The number of phenols is 1. The van der Waals surface area contributed by atoms with Gasteiger partial charge < -0.3 is 14.9 Å². The van der Waals surface area contributed by atoms with Crippen molar-refractivity contribution in [2.75, 3.05) is 0 Å². The van der Waals surface area contributed by atoms with Crippen LogP contribution in [0.5, 0.6) is 11.5 Å². The smallest absolute Gasteiger partial charge is 0.315 e. The topological polar surface area (TPSA) is 66.8 Å². The minimum atomic E-state index is -0.353. The van der Waals surface area contributed by atoms with Crippen molar-refractivity contribution in [1.29, 1.82) is 0 Å². The van der Waals surface area contributed by atoms with E-state index < -0.39 is 0 Å². The van der Waals surface area contributed by atoms with E-state index in [1.807, 2.05) is 12.1 Å². The van der Waals surface area contributed by atoms with Crippen LogP contribution in [0.15, 0.2) is 36.4 Å². The predicted molar refractivity (Wildman–Crippen MR) is 107 cm³/mol.